The van der Waals surface area contributed by atoms with Crippen LogP contribution < -0.4 is 0 Å². The fourth-order valence-corrected chi connectivity index (χ4v) is 3.38. The first-order valence-electron chi connectivity index (χ1n) is 8.18. The Kier molecular flexibility index (Phi) is 3.65. The monoisotopic (exact) mass is 318 g/mol. The lowest BCUT2D eigenvalue weighted by atomic mass is 10.0. The number of carbonyl (C=O) groups is 1. The molecule has 0 amide bonds. The van der Waals surface area contributed by atoms with Crippen LogP contribution in [0.15, 0.2) is 54.7 Å². The van der Waals surface area contributed by atoms with Crippen molar-refractivity contribution in [2.24, 2.45) is 0 Å². The second kappa shape index (κ2) is 5.96. The standard InChI is InChI=1S/C20H18N2O2/c23-19(24)12-17-13-22(18-7-2-1-3-8-18)21-20(17)16-10-9-14-5-4-6-15(14)11-16/h1-3,7-11,13H,4-6,12H2,(H,23,24). The van der Waals surface area contributed by atoms with E-state index in [1.165, 1.54) is 17.5 Å². The van der Waals surface area contributed by atoms with Crippen molar-refractivity contribution < 1.29 is 9.90 Å². The first-order chi connectivity index (χ1) is 11.7. The van der Waals surface area contributed by atoms with Crippen LogP contribution in [-0.4, -0.2) is 20.9 Å². The number of aliphatic carboxylic acids is 1. The fraction of sp³-hybridized carbons (Fsp3) is 0.200. The molecule has 1 aromatic heterocycles. The highest BCUT2D eigenvalue weighted by Crippen LogP contribution is 2.30. The minimum Gasteiger partial charge on any atom is -0.481 e. The maximum absolute atomic E-state index is 11.2. The molecule has 0 aliphatic heterocycles. The SMILES string of the molecule is O=C(O)Cc1cn(-c2ccccc2)nc1-c1ccc2c(c1)CCC2. The Hall–Kier alpha value is -2.88. The van der Waals surface area contributed by atoms with Gasteiger partial charge in [-0.15, -0.1) is 0 Å². The highest BCUT2D eigenvalue weighted by molar-refractivity contribution is 5.75. The van der Waals surface area contributed by atoms with E-state index in [2.05, 4.69) is 23.3 Å². The Morgan fingerprint density at radius 3 is 2.67 bits per heavy atom. The number of nitrogens with zero attached hydrogens (tertiary/aromatic N) is 2. The van der Waals surface area contributed by atoms with Gasteiger partial charge in [0.25, 0.3) is 0 Å². The molecule has 120 valence electrons. The van der Waals surface area contributed by atoms with Crippen molar-refractivity contribution in [1.29, 1.82) is 0 Å². The topological polar surface area (TPSA) is 55.1 Å². The Bertz CT molecular complexity index is 897. The van der Waals surface area contributed by atoms with Crippen LogP contribution in [-0.2, 0) is 24.1 Å². The molecule has 1 heterocycles. The van der Waals surface area contributed by atoms with Gasteiger partial charge in [0, 0.05) is 17.3 Å². The molecule has 3 aromatic rings. The smallest absolute Gasteiger partial charge is 0.307 e. The van der Waals surface area contributed by atoms with E-state index in [1.807, 2.05) is 36.5 Å². The predicted molar refractivity (Wildman–Crippen MR) is 92.4 cm³/mol. The zero-order valence-corrected chi connectivity index (χ0v) is 13.3. The van der Waals surface area contributed by atoms with Crippen LogP contribution in [0.25, 0.3) is 16.9 Å². The molecule has 2 aromatic carbocycles. The number of hydrogen-bond acceptors (Lipinski definition) is 2. The number of carboxylic acids is 1. The zero-order chi connectivity index (χ0) is 16.5. The van der Waals surface area contributed by atoms with E-state index in [1.54, 1.807) is 4.68 Å². The van der Waals surface area contributed by atoms with Gasteiger partial charge in [-0.25, -0.2) is 4.68 Å². The van der Waals surface area contributed by atoms with Gasteiger partial charge in [-0.2, -0.15) is 5.10 Å². The van der Waals surface area contributed by atoms with Gasteiger partial charge in [-0.1, -0.05) is 30.3 Å². The molecule has 0 saturated heterocycles. The van der Waals surface area contributed by atoms with Crippen LogP contribution in [0, 0.1) is 0 Å². The quantitative estimate of drug-likeness (QED) is 0.799. The van der Waals surface area contributed by atoms with Crippen LogP contribution in [0.3, 0.4) is 0 Å². The lowest BCUT2D eigenvalue weighted by molar-refractivity contribution is -0.136. The van der Waals surface area contributed by atoms with E-state index in [0.29, 0.717) is 0 Å². The van der Waals surface area contributed by atoms with Gasteiger partial charge >= 0.3 is 5.97 Å². The van der Waals surface area contributed by atoms with Crippen LogP contribution in [0.4, 0.5) is 0 Å². The molecule has 0 fully saturated rings. The summed E-state index contributed by atoms with van der Waals surface area (Å²) in [7, 11) is 0. The number of rotatable bonds is 4. The summed E-state index contributed by atoms with van der Waals surface area (Å²) >= 11 is 0. The third-order valence-corrected chi connectivity index (χ3v) is 4.52. The van der Waals surface area contributed by atoms with E-state index < -0.39 is 5.97 Å². The number of aromatic nitrogens is 2. The second-order valence-electron chi connectivity index (χ2n) is 6.19. The molecule has 1 aliphatic rings. The summed E-state index contributed by atoms with van der Waals surface area (Å²) in [4.78, 5) is 11.2. The normalized spacial score (nSPS) is 13.0. The summed E-state index contributed by atoms with van der Waals surface area (Å²) in [6, 6.07) is 16.2. The van der Waals surface area contributed by atoms with E-state index in [0.717, 1.165) is 35.3 Å². The minimum absolute atomic E-state index is 0.0285. The summed E-state index contributed by atoms with van der Waals surface area (Å²) in [6.45, 7) is 0. The summed E-state index contributed by atoms with van der Waals surface area (Å²) in [5.74, 6) is -0.843. The molecule has 0 spiro atoms. The molecular weight excluding hydrogens is 300 g/mol. The molecular formula is C20H18N2O2. The molecule has 0 bridgehead atoms. The maximum atomic E-state index is 11.2. The van der Waals surface area contributed by atoms with Gasteiger partial charge in [-0.3, -0.25) is 4.79 Å². The van der Waals surface area contributed by atoms with E-state index in [4.69, 9.17) is 0 Å². The van der Waals surface area contributed by atoms with Crippen LogP contribution in [0.5, 0.6) is 0 Å². The number of para-hydroxylation sites is 1. The lowest BCUT2D eigenvalue weighted by Gasteiger charge is -2.04. The largest absolute Gasteiger partial charge is 0.481 e. The first kappa shape index (κ1) is 14.7. The summed E-state index contributed by atoms with van der Waals surface area (Å²) in [6.07, 6.45) is 5.22. The van der Waals surface area contributed by atoms with Crippen LogP contribution >= 0.6 is 0 Å². The molecule has 0 radical (unpaired) electrons. The number of hydrogen-bond donors (Lipinski definition) is 1. The third-order valence-electron chi connectivity index (χ3n) is 4.52. The van der Waals surface area contributed by atoms with Crippen molar-refractivity contribution in [1.82, 2.24) is 9.78 Å². The van der Waals surface area contributed by atoms with Gasteiger partial charge in [0.15, 0.2) is 0 Å². The molecule has 4 rings (SSSR count). The number of carboxylic acid groups (broad SMARTS) is 1. The van der Waals surface area contributed by atoms with Gasteiger partial charge in [0.05, 0.1) is 17.8 Å². The molecule has 0 unspecified atom stereocenters. The maximum Gasteiger partial charge on any atom is 0.307 e. The molecule has 1 N–H and O–H groups in total. The van der Waals surface area contributed by atoms with Crippen molar-refractivity contribution >= 4 is 5.97 Å². The Morgan fingerprint density at radius 1 is 1.08 bits per heavy atom. The van der Waals surface area contributed by atoms with Gasteiger partial charge in [0.2, 0.25) is 0 Å². The highest BCUT2D eigenvalue weighted by Gasteiger charge is 2.17. The van der Waals surface area contributed by atoms with E-state index in [9.17, 15) is 9.90 Å². The van der Waals surface area contributed by atoms with Gasteiger partial charge in [-0.05, 0) is 48.6 Å². The first-order valence-corrected chi connectivity index (χ1v) is 8.18. The van der Waals surface area contributed by atoms with E-state index >= 15 is 0 Å². The van der Waals surface area contributed by atoms with Crippen molar-refractivity contribution in [2.45, 2.75) is 25.7 Å². The predicted octanol–water partition coefficient (Wildman–Crippen LogP) is 3.66. The molecule has 4 nitrogen and oxygen atoms in total. The molecule has 1 aliphatic carbocycles. The Balaban J connectivity index is 1.81. The number of aryl methyl sites for hydroxylation is 2. The highest BCUT2D eigenvalue weighted by atomic mass is 16.4. The molecule has 4 heteroatoms. The third kappa shape index (κ3) is 2.71. The van der Waals surface area contributed by atoms with Crippen LogP contribution in [0.2, 0.25) is 0 Å². The Morgan fingerprint density at radius 2 is 1.88 bits per heavy atom. The van der Waals surface area contributed by atoms with Crippen molar-refractivity contribution in [3.63, 3.8) is 0 Å². The fourth-order valence-electron chi connectivity index (χ4n) is 3.38. The van der Waals surface area contributed by atoms with Crippen molar-refractivity contribution in [3.8, 4) is 16.9 Å². The summed E-state index contributed by atoms with van der Waals surface area (Å²) in [5, 5.41) is 13.9. The average Bonchev–Trinajstić information content (AvgIpc) is 3.21. The second-order valence-corrected chi connectivity index (χ2v) is 6.19. The van der Waals surface area contributed by atoms with Crippen molar-refractivity contribution in [2.75, 3.05) is 0 Å². The summed E-state index contributed by atoms with van der Waals surface area (Å²) in [5.41, 5.74) is 6.20. The number of benzene rings is 2. The molecule has 0 atom stereocenters. The average molecular weight is 318 g/mol. The van der Waals surface area contributed by atoms with Gasteiger partial charge in [0.1, 0.15) is 0 Å². The molecule has 24 heavy (non-hydrogen) atoms. The minimum atomic E-state index is -0.843. The zero-order valence-electron chi connectivity index (χ0n) is 13.3. The number of fused-ring (bicyclic) bond motifs is 1. The Labute approximate surface area is 140 Å². The molecule has 0 saturated carbocycles. The lowest BCUT2D eigenvalue weighted by Crippen LogP contribution is -2.00. The van der Waals surface area contributed by atoms with Crippen LogP contribution in [0.1, 0.15) is 23.1 Å². The van der Waals surface area contributed by atoms with E-state index in [-0.39, 0.29) is 6.42 Å². The van der Waals surface area contributed by atoms with Crippen molar-refractivity contribution in [3.05, 3.63) is 71.4 Å². The summed E-state index contributed by atoms with van der Waals surface area (Å²) < 4.78 is 1.76. The van der Waals surface area contributed by atoms with Gasteiger partial charge < -0.3 is 5.11 Å².